The number of hydrogen-bond donors (Lipinski definition) is 0. The summed E-state index contributed by atoms with van der Waals surface area (Å²) in [4.78, 5) is 17.8. The van der Waals surface area contributed by atoms with Crippen molar-refractivity contribution in [3.63, 3.8) is 0 Å². The minimum atomic E-state index is 0.0578. The van der Waals surface area contributed by atoms with Gasteiger partial charge in [0.15, 0.2) is 0 Å². The maximum absolute atomic E-state index is 13.2. The molecule has 0 fully saturated rings. The fourth-order valence-corrected chi connectivity index (χ4v) is 5.18. The summed E-state index contributed by atoms with van der Waals surface area (Å²) in [7, 11) is 0. The van der Waals surface area contributed by atoms with Crippen molar-refractivity contribution >= 4 is 11.6 Å². The zero-order valence-corrected chi connectivity index (χ0v) is 17.4. The molecule has 150 valence electrons. The number of benzene rings is 2. The number of carbonyl (C=O) groups is 1. The van der Waals surface area contributed by atoms with Gasteiger partial charge in [0.05, 0.1) is 11.6 Å². The van der Waals surface area contributed by atoms with Crippen LogP contribution in [-0.2, 0) is 6.42 Å². The van der Waals surface area contributed by atoms with Crippen molar-refractivity contribution in [2.75, 3.05) is 24.5 Å². The Kier molecular flexibility index (Phi) is 5.69. The fourth-order valence-electron chi connectivity index (χ4n) is 5.18. The molecule has 0 N–H and O–H groups in total. The highest BCUT2D eigenvalue weighted by Gasteiger charge is 2.41. The third-order valence-electron chi connectivity index (χ3n) is 6.36. The number of nitriles is 1. The minimum absolute atomic E-state index is 0.0578. The van der Waals surface area contributed by atoms with Crippen LogP contribution >= 0.6 is 0 Å². The van der Waals surface area contributed by atoms with E-state index in [1.165, 1.54) is 11.1 Å². The van der Waals surface area contributed by atoms with Gasteiger partial charge in [0.25, 0.3) is 5.91 Å². The molecule has 2 atom stereocenters. The fraction of sp³-hybridized carbons (Fsp3) is 0.440. The van der Waals surface area contributed by atoms with Crippen LogP contribution in [0.1, 0.15) is 66.1 Å². The van der Waals surface area contributed by atoms with E-state index in [1.807, 2.05) is 47.4 Å². The van der Waals surface area contributed by atoms with Crippen molar-refractivity contribution in [1.29, 1.82) is 5.26 Å². The second kappa shape index (κ2) is 8.39. The van der Waals surface area contributed by atoms with E-state index < -0.39 is 0 Å². The van der Waals surface area contributed by atoms with Gasteiger partial charge in [0.2, 0.25) is 0 Å². The first kappa shape index (κ1) is 19.7. The van der Waals surface area contributed by atoms with Gasteiger partial charge in [0, 0.05) is 29.8 Å². The minimum Gasteiger partial charge on any atom is -0.307 e. The predicted molar refractivity (Wildman–Crippen MR) is 116 cm³/mol. The average Bonchev–Trinajstić information content (AvgIpc) is 3.13. The SMILES string of the molecule is CCCN(CCC)[C@H]1Cc2c(C#N)ccc3c2[C@@H](C1)CN3C(=O)c1ccccc1. The van der Waals surface area contributed by atoms with E-state index in [0.29, 0.717) is 18.5 Å². The maximum Gasteiger partial charge on any atom is 0.258 e. The lowest BCUT2D eigenvalue weighted by Gasteiger charge is -2.37. The molecule has 1 aliphatic heterocycles. The molecule has 2 aliphatic rings. The number of nitrogens with zero attached hydrogens (tertiary/aromatic N) is 3. The molecule has 0 radical (unpaired) electrons. The highest BCUT2D eigenvalue weighted by atomic mass is 16.2. The molecule has 0 saturated heterocycles. The lowest BCUT2D eigenvalue weighted by molar-refractivity contribution is 0.0986. The standard InChI is InChI=1S/C25H29N3O/c1-3-12-27(13-4-2)21-14-20-17-28(25(29)18-8-6-5-7-9-18)23-11-10-19(16-26)22(15-21)24(20)23/h5-11,20-21H,3-4,12-15,17H2,1-2H3/t20-,21+/m0/s1. The maximum atomic E-state index is 13.2. The van der Waals surface area contributed by atoms with Gasteiger partial charge in [-0.25, -0.2) is 0 Å². The van der Waals surface area contributed by atoms with Gasteiger partial charge in [-0.1, -0.05) is 32.0 Å². The van der Waals surface area contributed by atoms with E-state index >= 15 is 0 Å². The van der Waals surface area contributed by atoms with Crippen molar-refractivity contribution in [2.45, 2.75) is 51.5 Å². The predicted octanol–water partition coefficient (Wildman–Crippen LogP) is 4.74. The largest absolute Gasteiger partial charge is 0.307 e. The Morgan fingerprint density at radius 2 is 1.86 bits per heavy atom. The summed E-state index contributed by atoms with van der Waals surface area (Å²) in [6.45, 7) is 7.36. The van der Waals surface area contributed by atoms with E-state index in [4.69, 9.17) is 0 Å². The lowest BCUT2D eigenvalue weighted by Crippen LogP contribution is -2.42. The Morgan fingerprint density at radius 1 is 1.14 bits per heavy atom. The molecule has 1 amide bonds. The van der Waals surface area contributed by atoms with Gasteiger partial charge in [-0.3, -0.25) is 4.79 Å². The van der Waals surface area contributed by atoms with Crippen LogP contribution in [0.3, 0.4) is 0 Å². The first-order valence-electron chi connectivity index (χ1n) is 10.8. The molecule has 0 aromatic heterocycles. The highest BCUT2D eigenvalue weighted by Crippen LogP contribution is 2.47. The van der Waals surface area contributed by atoms with Crippen LogP contribution in [0.2, 0.25) is 0 Å². The third-order valence-corrected chi connectivity index (χ3v) is 6.36. The van der Waals surface area contributed by atoms with Crippen LogP contribution in [0.5, 0.6) is 0 Å². The molecule has 0 saturated carbocycles. The normalized spacial score (nSPS) is 19.9. The van der Waals surface area contributed by atoms with Crippen LogP contribution < -0.4 is 4.90 Å². The van der Waals surface area contributed by atoms with Crippen LogP contribution in [0, 0.1) is 11.3 Å². The van der Waals surface area contributed by atoms with Crippen LogP contribution in [0.15, 0.2) is 42.5 Å². The van der Waals surface area contributed by atoms with Gasteiger partial charge in [-0.15, -0.1) is 0 Å². The van der Waals surface area contributed by atoms with E-state index in [-0.39, 0.29) is 5.91 Å². The van der Waals surface area contributed by atoms with E-state index in [2.05, 4.69) is 24.8 Å². The quantitative estimate of drug-likeness (QED) is 0.719. The Bertz CT molecular complexity index is 925. The second-order valence-corrected chi connectivity index (χ2v) is 8.24. The average molecular weight is 388 g/mol. The molecule has 0 bridgehead atoms. The number of hydrogen-bond acceptors (Lipinski definition) is 3. The Balaban J connectivity index is 1.70. The van der Waals surface area contributed by atoms with Crippen LogP contribution in [-0.4, -0.2) is 36.5 Å². The Labute approximate surface area is 173 Å². The van der Waals surface area contributed by atoms with Crippen LogP contribution in [0.4, 0.5) is 5.69 Å². The van der Waals surface area contributed by atoms with Gasteiger partial charge in [0.1, 0.15) is 0 Å². The van der Waals surface area contributed by atoms with Gasteiger partial charge >= 0.3 is 0 Å². The highest BCUT2D eigenvalue weighted by molar-refractivity contribution is 6.07. The number of anilines is 1. The van der Waals surface area contributed by atoms with E-state index in [0.717, 1.165) is 55.6 Å². The van der Waals surface area contributed by atoms with E-state index in [9.17, 15) is 10.1 Å². The summed E-state index contributed by atoms with van der Waals surface area (Å²) < 4.78 is 0. The van der Waals surface area contributed by atoms with Crippen molar-refractivity contribution in [2.24, 2.45) is 0 Å². The van der Waals surface area contributed by atoms with Crippen LogP contribution in [0.25, 0.3) is 0 Å². The van der Waals surface area contributed by atoms with E-state index in [1.54, 1.807) is 0 Å². The van der Waals surface area contributed by atoms with Crippen molar-refractivity contribution in [3.8, 4) is 6.07 Å². The van der Waals surface area contributed by atoms with Crippen molar-refractivity contribution < 1.29 is 4.79 Å². The first-order valence-corrected chi connectivity index (χ1v) is 10.8. The molecular weight excluding hydrogens is 358 g/mol. The molecule has 2 aromatic carbocycles. The zero-order chi connectivity index (χ0) is 20.4. The molecule has 29 heavy (non-hydrogen) atoms. The lowest BCUT2D eigenvalue weighted by atomic mass is 9.78. The van der Waals surface area contributed by atoms with Gasteiger partial charge in [-0.2, -0.15) is 5.26 Å². The number of amides is 1. The summed E-state index contributed by atoms with van der Waals surface area (Å²) >= 11 is 0. The molecule has 0 unspecified atom stereocenters. The Morgan fingerprint density at radius 3 is 2.52 bits per heavy atom. The smallest absolute Gasteiger partial charge is 0.258 e. The third kappa shape index (κ3) is 3.56. The summed E-state index contributed by atoms with van der Waals surface area (Å²) in [5, 5.41) is 9.73. The summed E-state index contributed by atoms with van der Waals surface area (Å²) in [6.07, 6.45) is 4.25. The second-order valence-electron chi connectivity index (χ2n) is 8.24. The summed E-state index contributed by atoms with van der Waals surface area (Å²) in [5.41, 5.74) is 4.93. The molecule has 4 nitrogen and oxygen atoms in total. The molecular formula is C25H29N3O. The molecule has 4 heteroatoms. The van der Waals surface area contributed by atoms with Crippen molar-refractivity contribution in [3.05, 3.63) is 64.7 Å². The monoisotopic (exact) mass is 387 g/mol. The number of carbonyl (C=O) groups excluding carboxylic acids is 1. The molecule has 1 heterocycles. The summed E-state index contributed by atoms with van der Waals surface area (Å²) in [6, 6.07) is 16.3. The van der Waals surface area contributed by atoms with Crippen molar-refractivity contribution in [1.82, 2.24) is 4.90 Å². The topological polar surface area (TPSA) is 47.3 Å². The molecule has 1 aliphatic carbocycles. The first-order chi connectivity index (χ1) is 14.2. The molecule has 0 spiro atoms. The number of rotatable bonds is 6. The summed E-state index contributed by atoms with van der Waals surface area (Å²) in [5.74, 6) is 0.373. The zero-order valence-electron chi connectivity index (χ0n) is 17.4. The van der Waals surface area contributed by atoms with Gasteiger partial charge in [-0.05, 0) is 74.2 Å². The van der Waals surface area contributed by atoms with Gasteiger partial charge < -0.3 is 9.80 Å². The Hall–Kier alpha value is -2.64. The molecule has 2 aromatic rings. The molecule has 4 rings (SSSR count).